The van der Waals surface area contributed by atoms with Crippen LogP contribution in [-0.4, -0.2) is 44.3 Å². The van der Waals surface area contributed by atoms with Crippen molar-refractivity contribution in [1.29, 1.82) is 0 Å². The Hall–Kier alpha value is -2.94. The third-order valence-electron chi connectivity index (χ3n) is 3.75. The van der Waals surface area contributed by atoms with E-state index in [-0.39, 0.29) is 24.0 Å². The highest BCUT2D eigenvalue weighted by atomic mass is 32.2. The first-order valence-corrected chi connectivity index (χ1v) is 9.58. The lowest BCUT2D eigenvalue weighted by atomic mass is 10.1. The van der Waals surface area contributed by atoms with Gasteiger partial charge in [0.05, 0.1) is 6.61 Å². The molecular formula is C18H19N5O3S. The van der Waals surface area contributed by atoms with Gasteiger partial charge < -0.3 is 4.74 Å². The van der Waals surface area contributed by atoms with Crippen LogP contribution in [0.25, 0.3) is 5.65 Å². The summed E-state index contributed by atoms with van der Waals surface area (Å²) in [5, 5.41) is 11.6. The monoisotopic (exact) mass is 385 g/mol. The number of esters is 1. The van der Waals surface area contributed by atoms with E-state index in [9.17, 15) is 9.59 Å². The topological polar surface area (TPSA) is 98.5 Å². The van der Waals surface area contributed by atoms with Gasteiger partial charge in [0.15, 0.2) is 5.65 Å². The molecule has 0 aliphatic rings. The lowest BCUT2D eigenvalue weighted by Crippen LogP contribution is -2.17. The van der Waals surface area contributed by atoms with Crippen molar-refractivity contribution in [2.24, 2.45) is 0 Å². The summed E-state index contributed by atoms with van der Waals surface area (Å²) >= 11 is 1.27. The fraction of sp³-hybridized carbons (Fsp3) is 0.278. The first-order chi connectivity index (χ1) is 13.0. The number of anilines is 1. The normalized spacial score (nSPS) is 10.8. The van der Waals surface area contributed by atoms with Crippen molar-refractivity contribution < 1.29 is 14.3 Å². The molecule has 3 aromatic rings. The molecule has 0 saturated carbocycles. The minimum atomic E-state index is -0.521. The summed E-state index contributed by atoms with van der Waals surface area (Å²) in [7, 11) is 0. The predicted octanol–water partition coefficient (Wildman–Crippen LogP) is 2.57. The molecule has 2 aromatic heterocycles. The Balaban J connectivity index is 2.22. The summed E-state index contributed by atoms with van der Waals surface area (Å²) in [6.07, 6.45) is 2.26. The van der Waals surface area contributed by atoms with E-state index >= 15 is 0 Å². The number of hydrogen-bond donors (Lipinski definition) is 1. The minimum absolute atomic E-state index is 0.233. The van der Waals surface area contributed by atoms with Crippen molar-refractivity contribution in [2.75, 3.05) is 18.2 Å². The molecule has 1 aromatic carbocycles. The largest absolute Gasteiger partial charge is 0.462 e. The summed E-state index contributed by atoms with van der Waals surface area (Å²) in [6, 6.07) is 9.73. The molecule has 0 unspecified atom stereocenters. The molecule has 27 heavy (non-hydrogen) atoms. The Labute approximate surface area is 160 Å². The molecule has 0 fully saturated rings. The number of carbonyl (C=O) groups is 2. The number of nitrogens with one attached hydrogen (secondary N) is 1. The number of amides is 1. The molecule has 2 heterocycles. The van der Waals surface area contributed by atoms with E-state index in [2.05, 4.69) is 20.5 Å². The summed E-state index contributed by atoms with van der Waals surface area (Å²) in [6.45, 7) is 3.36. The van der Waals surface area contributed by atoms with E-state index < -0.39 is 5.97 Å². The highest BCUT2D eigenvalue weighted by Gasteiger charge is 2.25. The second kappa shape index (κ2) is 8.17. The van der Waals surface area contributed by atoms with Crippen LogP contribution in [0.1, 0.15) is 35.6 Å². The molecule has 0 radical (unpaired) electrons. The van der Waals surface area contributed by atoms with Crippen molar-refractivity contribution in [3.05, 3.63) is 47.3 Å². The number of rotatable bonds is 6. The lowest BCUT2D eigenvalue weighted by molar-refractivity contribution is -0.114. The molecule has 140 valence electrons. The van der Waals surface area contributed by atoms with E-state index in [0.717, 1.165) is 5.56 Å². The molecule has 1 amide bonds. The fourth-order valence-electron chi connectivity index (χ4n) is 2.66. The number of fused-ring (bicyclic) bond motifs is 1. The number of thioether (sulfide) groups is 1. The molecule has 8 nitrogen and oxygen atoms in total. The van der Waals surface area contributed by atoms with Crippen LogP contribution in [0.4, 0.5) is 5.95 Å². The third kappa shape index (κ3) is 3.92. The van der Waals surface area contributed by atoms with Crippen LogP contribution in [0, 0.1) is 0 Å². The number of carbonyl (C=O) groups excluding carboxylic acids is 2. The van der Waals surface area contributed by atoms with Gasteiger partial charge in [0.2, 0.25) is 11.9 Å². The van der Waals surface area contributed by atoms with Crippen molar-refractivity contribution >= 4 is 35.2 Å². The third-order valence-corrected chi connectivity index (χ3v) is 4.43. The highest BCUT2D eigenvalue weighted by molar-refractivity contribution is 7.98. The Bertz CT molecular complexity index is 988. The van der Waals surface area contributed by atoms with Crippen molar-refractivity contribution in [2.45, 2.75) is 25.3 Å². The molecular weight excluding hydrogens is 366 g/mol. The van der Waals surface area contributed by atoms with Gasteiger partial charge in [-0.2, -0.15) is 0 Å². The zero-order valence-corrected chi connectivity index (χ0v) is 16.0. The molecule has 0 aliphatic carbocycles. The van der Waals surface area contributed by atoms with Gasteiger partial charge in [0.25, 0.3) is 0 Å². The van der Waals surface area contributed by atoms with Gasteiger partial charge in [-0.25, -0.2) is 14.2 Å². The maximum atomic E-state index is 12.5. The molecule has 0 bridgehead atoms. The Kier molecular flexibility index (Phi) is 5.70. The number of nitrogens with zero attached hydrogens (tertiary/aromatic N) is 4. The summed E-state index contributed by atoms with van der Waals surface area (Å²) < 4.78 is 6.76. The lowest BCUT2D eigenvalue weighted by Gasteiger charge is -2.12. The zero-order chi connectivity index (χ0) is 19.4. The van der Waals surface area contributed by atoms with Crippen molar-refractivity contribution in [3.63, 3.8) is 0 Å². The maximum Gasteiger partial charge on any atom is 0.344 e. The van der Waals surface area contributed by atoms with E-state index in [1.54, 1.807) is 17.6 Å². The Morgan fingerprint density at radius 2 is 1.96 bits per heavy atom. The smallest absolute Gasteiger partial charge is 0.344 e. The van der Waals surface area contributed by atoms with Crippen LogP contribution in [0.2, 0.25) is 0 Å². The Morgan fingerprint density at radius 3 is 2.59 bits per heavy atom. The number of benzene rings is 1. The van der Waals surface area contributed by atoms with Crippen LogP contribution < -0.4 is 5.32 Å². The zero-order valence-electron chi connectivity index (χ0n) is 15.2. The van der Waals surface area contributed by atoms with E-state index in [4.69, 9.17) is 4.74 Å². The summed E-state index contributed by atoms with van der Waals surface area (Å²) in [5.41, 5.74) is 1.57. The molecule has 1 N–H and O–H groups in total. The maximum absolute atomic E-state index is 12.5. The van der Waals surface area contributed by atoms with E-state index in [0.29, 0.717) is 22.9 Å². The van der Waals surface area contributed by atoms with Crippen LogP contribution in [-0.2, 0) is 16.0 Å². The van der Waals surface area contributed by atoms with Gasteiger partial charge in [-0.05, 0) is 18.7 Å². The highest BCUT2D eigenvalue weighted by Crippen LogP contribution is 2.27. The molecule has 0 spiro atoms. The molecule has 9 heteroatoms. The second-order valence-corrected chi connectivity index (χ2v) is 6.45. The Morgan fingerprint density at radius 1 is 1.22 bits per heavy atom. The van der Waals surface area contributed by atoms with Crippen molar-refractivity contribution in [3.8, 4) is 0 Å². The standard InChI is InChI=1S/C18H19N5O3S/c1-4-26-17(25)14-15-22-21-13(10-12-8-6-5-7-9-12)23(15)18(19-11(2)24)20-16(14)27-3/h5-9H,4,10H2,1-3H3,(H,19,20,24). The summed E-state index contributed by atoms with van der Waals surface area (Å²) in [4.78, 5) is 28.6. The molecule has 0 saturated heterocycles. The van der Waals surface area contributed by atoms with E-state index in [1.165, 1.54) is 18.7 Å². The second-order valence-electron chi connectivity index (χ2n) is 5.66. The van der Waals surface area contributed by atoms with Crippen molar-refractivity contribution in [1.82, 2.24) is 19.6 Å². The molecule has 0 aliphatic heterocycles. The number of aromatic nitrogens is 4. The number of hydrogen-bond acceptors (Lipinski definition) is 7. The SMILES string of the molecule is CCOC(=O)c1c(SC)nc(NC(C)=O)n2c(Cc3ccccc3)nnc12. The predicted molar refractivity (Wildman–Crippen MR) is 102 cm³/mol. The average Bonchev–Trinajstić information content (AvgIpc) is 3.05. The van der Waals surface area contributed by atoms with Gasteiger partial charge >= 0.3 is 5.97 Å². The number of ether oxygens (including phenoxy) is 1. The van der Waals surface area contributed by atoms with Gasteiger partial charge in [0.1, 0.15) is 16.4 Å². The first-order valence-electron chi connectivity index (χ1n) is 8.35. The molecule has 3 rings (SSSR count). The van der Waals surface area contributed by atoms with Gasteiger partial charge in [-0.3, -0.25) is 10.1 Å². The van der Waals surface area contributed by atoms with Crippen LogP contribution in [0.5, 0.6) is 0 Å². The van der Waals surface area contributed by atoms with Gasteiger partial charge in [-0.15, -0.1) is 22.0 Å². The average molecular weight is 385 g/mol. The first kappa shape index (κ1) is 18.8. The quantitative estimate of drug-likeness (QED) is 0.395. The van der Waals surface area contributed by atoms with Crippen LogP contribution in [0.3, 0.4) is 0 Å². The van der Waals surface area contributed by atoms with E-state index in [1.807, 2.05) is 30.3 Å². The summed E-state index contributed by atoms with van der Waals surface area (Å²) in [5.74, 6) is 0.0305. The fourth-order valence-corrected chi connectivity index (χ4v) is 3.22. The van der Waals surface area contributed by atoms with Crippen LogP contribution in [0.15, 0.2) is 35.4 Å². The molecule has 0 atom stereocenters. The van der Waals surface area contributed by atoms with Crippen LogP contribution >= 0.6 is 11.8 Å². The van der Waals surface area contributed by atoms with Gasteiger partial charge in [-0.1, -0.05) is 30.3 Å². The minimum Gasteiger partial charge on any atom is -0.462 e. The van der Waals surface area contributed by atoms with Gasteiger partial charge in [0, 0.05) is 13.3 Å².